The van der Waals surface area contributed by atoms with E-state index in [0.29, 0.717) is 5.56 Å². The molecule has 2 aromatic heterocycles. The van der Waals surface area contributed by atoms with Gasteiger partial charge in [-0.2, -0.15) is 0 Å². The van der Waals surface area contributed by atoms with E-state index < -0.39 is 11.8 Å². The first-order chi connectivity index (χ1) is 21.1. The minimum Gasteiger partial charge on any atom is -0.512 e. The van der Waals surface area contributed by atoms with Gasteiger partial charge in [0.25, 0.3) is 0 Å². The molecule has 0 bridgehead atoms. The van der Waals surface area contributed by atoms with Gasteiger partial charge in [0.15, 0.2) is 5.78 Å². The van der Waals surface area contributed by atoms with E-state index in [9.17, 15) is 9.90 Å². The Morgan fingerprint density at radius 3 is 2.30 bits per heavy atom. The standard InChI is InChI=1S/C26H25N2.C13H24O2.Ir/c1-25(2,3)15-16-13-17-10-12-28-24-19-8-9-21-18(7-6-11-27-21)23(19)26(4,5)20(14-16)22(17)24;1-5-10(6-2)12(14)9-13(15)11(7-3)8-4;/h6-7,9-14H,15H2,1-5H3;9-11,14H,5-8H2,1-4H3;/q-1;;/b;12-9-;/i15D2;;. The van der Waals surface area contributed by atoms with E-state index in [-0.39, 0.29) is 48.9 Å². The third kappa shape index (κ3) is 7.32. The van der Waals surface area contributed by atoms with Gasteiger partial charge >= 0.3 is 0 Å². The first kappa shape index (κ1) is 32.5. The Labute approximate surface area is 281 Å². The number of carbonyl (C=O) groups excluding carboxylic acids is 1. The molecule has 4 nitrogen and oxygen atoms in total. The van der Waals surface area contributed by atoms with Crippen molar-refractivity contribution < 1.29 is 32.7 Å². The molecule has 4 aromatic rings. The summed E-state index contributed by atoms with van der Waals surface area (Å²) in [6.45, 7) is 18.4. The fourth-order valence-corrected chi connectivity index (χ4v) is 6.35. The van der Waals surface area contributed by atoms with Crippen LogP contribution in [0.25, 0.3) is 32.9 Å². The van der Waals surface area contributed by atoms with E-state index >= 15 is 0 Å². The minimum absolute atomic E-state index is 0. The number of aliphatic hydroxyl groups is 1. The number of pyridine rings is 2. The molecule has 0 spiro atoms. The Balaban J connectivity index is 0.000000309. The maximum Gasteiger partial charge on any atom is 0.162 e. The Morgan fingerprint density at radius 2 is 1.68 bits per heavy atom. The van der Waals surface area contributed by atoms with Gasteiger partial charge in [0, 0.05) is 53.2 Å². The number of carbonyl (C=O) groups is 1. The number of fused-ring (bicyclic) bond motifs is 4. The third-order valence-electron chi connectivity index (χ3n) is 8.71. The summed E-state index contributed by atoms with van der Waals surface area (Å²) in [6, 6.07) is 15.5. The smallest absolute Gasteiger partial charge is 0.162 e. The van der Waals surface area contributed by atoms with Crippen LogP contribution in [0.15, 0.2) is 60.6 Å². The summed E-state index contributed by atoms with van der Waals surface area (Å²) in [4.78, 5) is 21.0. The number of allylic oxidation sites excluding steroid dienone is 2. The van der Waals surface area contributed by atoms with Crippen LogP contribution in [-0.4, -0.2) is 20.9 Å². The summed E-state index contributed by atoms with van der Waals surface area (Å²) < 4.78 is 17.8. The maximum absolute atomic E-state index is 11.7. The number of nitrogens with zero attached hydrogens (tertiary/aromatic N) is 2. The monoisotopic (exact) mass is 772 g/mol. The van der Waals surface area contributed by atoms with Gasteiger partial charge in [-0.15, -0.1) is 23.3 Å². The van der Waals surface area contributed by atoms with Gasteiger partial charge in [-0.05, 0) is 88.1 Å². The third-order valence-corrected chi connectivity index (χ3v) is 8.71. The second-order valence-electron chi connectivity index (χ2n) is 13.3. The number of rotatable bonds is 8. The summed E-state index contributed by atoms with van der Waals surface area (Å²) in [7, 11) is 0. The van der Waals surface area contributed by atoms with Crippen molar-refractivity contribution in [2.45, 2.75) is 99.8 Å². The van der Waals surface area contributed by atoms with Crippen molar-refractivity contribution in [2.75, 3.05) is 0 Å². The number of aliphatic hydroxyl groups excluding tert-OH is 1. The molecule has 5 heteroatoms. The van der Waals surface area contributed by atoms with E-state index in [2.05, 4.69) is 37.0 Å². The molecule has 5 rings (SSSR count). The molecule has 1 aliphatic carbocycles. The molecule has 1 radical (unpaired) electrons. The summed E-state index contributed by atoms with van der Waals surface area (Å²) in [5.41, 5.74) is 4.99. The van der Waals surface area contributed by atoms with E-state index in [1.807, 2.05) is 78.9 Å². The van der Waals surface area contributed by atoms with E-state index in [1.165, 1.54) is 6.08 Å². The number of benzene rings is 2. The van der Waals surface area contributed by atoms with Crippen LogP contribution < -0.4 is 0 Å². The van der Waals surface area contributed by atoms with Crippen LogP contribution in [0.5, 0.6) is 0 Å². The summed E-state index contributed by atoms with van der Waals surface area (Å²) >= 11 is 0. The predicted molar refractivity (Wildman–Crippen MR) is 180 cm³/mol. The average Bonchev–Trinajstić information content (AvgIpc) is 3.00. The van der Waals surface area contributed by atoms with Crippen LogP contribution in [0.4, 0.5) is 0 Å². The second-order valence-corrected chi connectivity index (χ2v) is 13.3. The number of aromatic nitrogens is 2. The van der Waals surface area contributed by atoms with Crippen LogP contribution >= 0.6 is 0 Å². The van der Waals surface area contributed by atoms with E-state index in [0.717, 1.165) is 69.7 Å². The van der Waals surface area contributed by atoms with Crippen LogP contribution in [0, 0.1) is 23.3 Å². The van der Waals surface area contributed by atoms with Crippen LogP contribution in [0.2, 0.25) is 0 Å². The zero-order chi connectivity index (χ0) is 33.3. The Bertz CT molecular complexity index is 1730. The molecular formula is C39H49IrN2O2-. The van der Waals surface area contributed by atoms with E-state index in [4.69, 9.17) is 7.73 Å². The fourth-order valence-electron chi connectivity index (χ4n) is 6.35. The Kier molecular flexibility index (Phi) is 10.7. The van der Waals surface area contributed by atoms with E-state index in [1.54, 1.807) is 6.20 Å². The molecule has 0 saturated carbocycles. The normalized spacial score (nSPS) is 14.8. The van der Waals surface area contributed by atoms with Gasteiger partial charge in [-0.1, -0.05) is 85.9 Å². The van der Waals surface area contributed by atoms with Crippen molar-refractivity contribution in [1.29, 1.82) is 0 Å². The van der Waals surface area contributed by atoms with Crippen molar-refractivity contribution in [2.24, 2.45) is 17.3 Å². The molecule has 1 N–H and O–H groups in total. The molecule has 1 aliphatic rings. The van der Waals surface area contributed by atoms with Crippen molar-refractivity contribution in [3.8, 4) is 11.3 Å². The minimum atomic E-state index is -1.47. The molecule has 0 atom stereocenters. The molecule has 44 heavy (non-hydrogen) atoms. The van der Waals surface area contributed by atoms with Gasteiger partial charge < -0.3 is 15.1 Å². The topological polar surface area (TPSA) is 63.1 Å². The zero-order valence-corrected chi connectivity index (χ0v) is 30.2. The van der Waals surface area contributed by atoms with Crippen molar-refractivity contribution >= 4 is 27.5 Å². The van der Waals surface area contributed by atoms with Crippen LogP contribution in [0.1, 0.15) is 107 Å². The zero-order valence-electron chi connectivity index (χ0n) is 29.8. The maximum atomic E-state index is 11.7. The second kappa shape index (κ2) is 14.5. The van der Waals surface area contributed by atoms with Crippen LogP contribution in [0.3, 0.4) is 0 Å². The number of ketones is 1. The average molecular weight is 772 g/mol. The van der Waals surface area contributed by atoms with Gasteiger partial charge in [-0.25, -0.2) is 0 Å². The molecule has 0 fully saturated rings. The molecule has 2 aromatic carbocycles. The van der Waals surface area contributed by atoms with Gasteiger partial charge in [0.1, 0.15) is 0 Å². The van der Waals surface area contributed by atoms with Gasteiger partial charge in [-0.3, -0.25) is 4.79 Å². The largest absolute Gasteiger partial charge is 0.512 e. The van der Waals surface area contributed by atoms with Gasteiger partial charge in [0.05, 0.1) is 5.76 Å². The summed E-state index contributed by atoms with van der Waals surface area (Å²) in [5.74, 6) is 0.547. The number of hydrogen-bond donors (Lipinski definition) is 1. The summed E-state index contributed by atoms with van der Waals surface area (Å²) in [6.07, 6.45) is 7.07. The van der Waals surface area contributed by atoms with Crippen LogP contribution in [-0.2, 0) is 36.7 Å². The molecule has 0 amide bonds. The first-order valence-electron chi connectivity index (χ1n) is 16.8. The molecule has 0 aliphatic heterocycles. The fraction of sp³-hybridized carbons (Fsp3) is 0.462. The molecule has 0 saturated heterocycles. The van der Waals surface area contributed by atoms with Gasteiger partial charge in [0.2, 0.25) is 0 Å². The first-order valence-corrected chi connectivity index (χ1v) is 15.8. The predicted octanol–water partition coefficient (Wildman–Crippen LogP) is 10.3. The SMILES string of the molecule is CCC(CC)C(=O)/C=C(\O)C(CC)CC.[2H]C([2H])(c1cc2c3c(nccc3c1)-c1[c-]cc3ncccc3c1C2(C)C)C(C)(C)C.[Ir]. The quantitative estimate of drug-likeness (QED) is 0.110. The Morgan fingerprint density at radius 1 is 1.02 bits per heavy atom. The Hall–Kier alpha value is -2.88. The van der Waals surface area contributed by atoms with Crippen molar-refractivity contribution in [3.05, 3.63) is 83.4 Å². The number of hydrogen-bond acceptors (Lipinski definition) is 4. The van der Waals surface area contributed by atoms with Crippen molar-refractivity contribution in [1.82, 2.24) is 9.97 Å². The van der Waals surface area contributed by atoms with Crippen molar-refractivity contribution in [3.63, 3.8) is 0 Å². The molecule has 237 valence electrons. The molecular weight excluding hydrogens is 721 g/mol. The molecule has 0 unspecified atom stereocenters. The summed E-state index contributed by atoms with van der Waals surface area (Å²) in [5, 5.41) is 13.0. The molecule has 2 heterocycles.